The molecule has 2 aromatic heterocycles. The maximum atomic E-state index is 11.3. The van der Waals surface area contributed by atoms with Gasteiger partial charge >= 0.3 is 0 Å². The summed E-state index contributed by atoms with van der Waals surface area (Å²) in [6.07, 6.45) is 3.41. The Kier molecular flexibility index (Phi) is 3.98. The highest BCUT2D eigenvalue weighted by molar-refractivity contribution is 7.89. The van der Waals surface area contributed by atoms with E-state index < -0.39 is 10.0 Å². The maximum absolute atomic E-state index is 11.3. The van der Waals surface area contributed by atoms with E-state index in [0.717, 1.165) is 40.3 Å². The van der Waals surface area contributed by atoms with E-state index in [-0.39, 0.29) is 4.90 Å². The first kappa shape index (κ1) is 16.4. The van der Waals surface area contributed by atoms with Crippen molar-refractivity contribution in [2.24, 2.45) is 5.14 Å². The van der Waals surface area contributed by atoms with Crippen LogP contribution < -0.4 is 10.5 Å². The van der Waals surface area contributed by atoms with Crippen LogP contribution in [0.1, 0.15) is 28.2 Å². The summed E-state index contributed by atoms with van der Waals surface area (Å²) in [6.45, 7) is 2.46. The van der Waals surface area contributed by atoms with Crippen molar-refractivity contribution in [1.82, 2.24) is 9.97 Å². The van der Waals surface area contributed by atoms with Gasteiger partial charge in [-0.3, -0.25) is 0 Å². The summed E-state index contributed by atoms with van der Waals surface area (Å²) in [5.41, 5.74) is 2.34. The summed E-state index contributed by atoms with van der Waals surface area (Å²) in [4.78, 5) is 11.8. The van der Waals surface area contributed by atoms with Gasteiger partial charge in [-0.15, -0.1) is 11.3 Å². The fourth-order valence-electron chi connectivity index (χ4n) is 3.21. The molecule has 0 atom stereocenters. The number of aromatic nitrogens is 2. The smallest absolute Gasteiger partial charge is 0.238 e. The molecule has 0 saturated carbocycles. The number of nitrogens with one attached hydrogen (secondary N) is 1. The summed E-state index contributed by atoms with van der Waals surface area (Å²) < 4.78 is 22.7. The molecule has 4 rings (SSSR count). The van der Waals surface area contributed by atoms with Crippen molar-refractivity contribution in [3.8, 4) is 0 Å². The molecule has 0 saturated heterocycles. The molecule has 1 aliphatic rings. The minimum Gasteiger partial charge on any atom is -0.365 e. The largest absolute Gasteiger partial charge is 0.365 e. The molecule has 0 amide bonds. The number of benzene rings is 1. The van der Waals surface area contributed by atoms with Gasteiger partial charge in [0.25, 0.3) is 0 Å². The second-order valence-corrected chi connectivity index (χ2v) is 8.84. The van der Waals surface area contributed by atoms with Crippen molar-refractivity contribution in [2.75, 3.05) is 5.32 Å². The number of hydrogen-bond acceptors (Lipinski definition) is 6. The molecule has 3 aromatic rings. The lowest BCUT2D eigenvalue weighted by Crippen LogP contribution is -2.12. The number of anilines is 1. The van der Waals surface area contributed by atoms with E-state index in [0.29, 0.717) is 6.54 Å². The lowest BCUT2D eigenvalue weighted by molar-refractivity contribution is 0.598. The highest BCUT2D eigenvalue weighted by Crippen LogP contribution is 2.39. The third-order valence-corrected chi connectivity index (χ3v) is 6.50. The molecule has 0 unspecified atom stereocenters. The van der Waals surface area contributed by atoms with Crippen LogP contribution in [0, 0.1) is 6.92 Å². The SMILES string of the molecule is Cc1nc(NCc2ccc(S(N)(=O)=O)cc2)c2c3c(sc2n1)CCC3. The number of aryl methyl sites for hydroxylation is 3. The van der Waals surface area contributed by atoms with Crippen LogP contribution in [0.25, 0.3) is 10.2 Å². The minimum absolute atomic E-state index is 0.118. The summed E-state index contributed by atoms with van der Waals surface area (Å²) in [5.74, 6) is 1.61. The minimum atomic E-state index is -3.66. The number of nitrogens with two attached hydrogens (primary N) is 1. The molecule has 25 heavy (non-hydrogen) atoms. The molecule has 0 bridgehead atoms. The van der Waals surface area contributed by atoms with Gasteiger partial charge in [0, 0.05) is 11.4 Å². The first-order valence-electron chi connectivity index (χ1n) is 8.06. The van der Waals surface area contributed by atoms with E-state index in [1.807, 2.05) is 6.92 Å². The number of thiophene rings is 1. The van der Waals surface area contributed by atoms with Gasteiger partial charge in [-0.05, 0) is 49.4 Å². The molecule has 0 aliphatic heterocycles. The summed E-state index contributed by atoms with van der Waals surface area (Å²) in [5, 5.41) is 9.67. The van der Waals surface area contributed by atoms with E-state index in [1.165, 1.54) is 29.0 Å². The van der Waals surface area contributed by atoms with Gasteiger partial charge in [-0.25, -0.2) is 23.5 Å². The fourth-order valence-corrected chi connectivity index (χ4v) is 5.04. The van der Waals surface area contributed by atoms with Gasteiger partial charge in [0.15, 0.2) is 0 Å². The summed E-state index contributed by atoms with van der Waals surface area (Å²) >= 11 is 1.77. The topological polar surface area (TPSA) is 98.0 Å². The van der Waals surface area contributed by atoms with Crippen molar-refractivity contribution >= 4 is 37.4 Å². The Morgan fingerprint density at radius 3 is 2.68 bits per heavy atom. The Labute approximate surface area is 150 Å². The number of primary sulfonamides is 1. The molecule has 2 heterocycles. The van der Waals surface area contributed by atoms with Crippen LogP contribution in [0.4, 0.5) is 5.82 Å². The normalized spacial score (nSPS) is 14.0. The van der Waals surface area contributed by atoms with Gasteiger partial charge < -0.3 is 5.32 Å². The Bertz CT molecular complexity index is 1060. The maximum Gasteiger partial charge on any atom is 0.238 e. The van der Waals surface area contributed by atoms with Gasteiger partial charge in [0.1, 0.15) is 16.5 Å². The second kappa shape index (κ2) is 6.05. The quantitative estimate of drug-likeness (QED) is 0.732. The number of fused-ring (bicyclic) bond motifs is 3. The van der Waals surface area contributed by atoms with Gasteiger partial charge in [-0.2, -0.15) is 0 Å². The number of rotatable bonds is 4. The Morgan fingerprint density at radius 2 is 1.96 bits per heavy atom. The molecule has 6 nitrogen and oxygen atoms in total. The molecular formula is C17H18N4O2S2. The van der Waals surface area contributed by atoms with E-state index >= 15 is 0 Å². The zero-order valence-electron chi connectivity index (χ0n) is 13.7. The van der Waals surface area contributed by atoms with Gasteiger partial charge in [0.2, 0.25) is 10.0 Å². The van der Waals surface area contributed by atoms with Gasteiger partial charge in [0.05, 0.1) is 10.3 Å². The van der Waals surface area contributed by atoms with E-state index in [1.54, 1.807) is 23.5 Å². The average molecular weight is 374 g/mol. The van der Waals surface area contributed by atoms with E-state index in [9.17, 15) is 8.42 Å². The summed E-state index contributed by atoms with van der Waals surface area (Å²) in [7, 11) is -3.66. The molecule has 1 aliphatic carbocycles. The first-order valence-corrected chi connectivity index (χ1v) is 10.4. The highest BCUT2D eigenvalue weighted by Gasteiger charge is 2.21. The average Bonchev–Trinajstić information content (AvgIpc) is 3.12. The molecule has 130 valence electrons. The van der Waals surface area contributed by atoms with E-state index in [2.05, 4.69) is 15.3 Å². The molecule has 8 heteroatoms. The van der Waals surface area contributed by atoms with Crippen LogP contribution in [-0.2, 0) is 29.4 Å². The molecular weight excluding hydrogens is 356 g/mol. The van der Waals surface area contributed by atoms with Gasteiger partial charge in [-0.1, -0.05) is 12.1 Å². The third-order valence-electron chi connectivity index (χ3n) is 4.39. The number of hydrogen-bond donors (Lipinski definition) is 2. The predicted octanol–water partition coefficient (Wildman–Crippen LogP) is 2.75. The monoisotopic (exact) mass is 374 g/mol. The number of nitrogens with zero attached hydrogens (tertiary/aromatic N) is 2. The third kappa shape index (κ3) is 3.12. The fraction of sp³-hybridized carbons (Fsp3) is 0.294. The van der Waals surface area contributed by atoms with Crippen LogP contribution in [0.3, 0.4) is 0 Å². The lowest BCUT2D eigenvalue weighted by atomic mass is 10.2. The van der Waals surface area contributed by atoms with E-state index in [4.69, 9.17) is 5.14 Å². The molecule has 0 fully saturated rings. The van der Waals surface area contributed by atoms with Crippen LogP contribution in [-0.4, -0.2) is 18.4 Å². The zero-order valence-corrected chi connectivity index (χ0v) is 15.4. The Hall–Kier alpha value is -2.03. The van der Waals surface area contributed by atoms with Crippen LogP contribution in [0.5, 0.6) is 0 Å². The predicted molar refractivity (Wildman–Crippen MR) is 99.3 cm³/mol. The van der Waals surface area contributed by atoms with Crippen LogP contribution in [0.15, 0.2) is 29.2 Å². The Balaban J connectivity index is 1.63. The molecule has 1 aromatic carbocycles. The Morgan fingerprint density at radius 1 is 1.20 bits per heavy atom. The lowest BCUT2D eigenvalue weighted by Gasteiger charge is -2.09. The van der Waals surface area contributed by atoms with Crippen molar-refractivity contribution in [1.29, 1.82) is 0 Å². The standard InChI is InChI=1S/C17H18N4O2S2/c1-10-20-16(15-13-3-2-4-14(13)24-17(15)21-10)19-9-11-5-7-12(8-6-11)25(18,22)23/h5-8H,2-4,9H2,1H3,(H2,18,22,23)(H,19,20,21). The van der Waals surface area contributed by atoms with Crippen LogP contribution >= 0.6 is 11.3 Å². The first-order chi connectivity index (χ1) is 11.9. The summed E-state index contributed by atoms with van der Waals surface area (Å²) in [6, 6.07) is 6.57. The van der Waals surface area contributed by atoms with Crippen molar-refractivity contribution in [3.63, 3.8) is 0 Å². The molecule has 0 radical (unpaired) electrons. The van der Waals surface area contributed by atoms with Crippen molar-refractivity contribution in [3.05, 3.63) is 46.1 Å². The zero-order chi connectivity index (χ0) is 17.6. The van der Waals surface area contributed by atoms with Crippen molar-refractivity contribution in [2.45, 2.75) is 37.6 Å². The highest BCUT2D eigenvalue weighted by atomic mass is 32.2. The van der Waals surface area contributed by atoms with Crippen LogP contribution in [0.2, 0.25) is 0 Å². The van der Waals surface area contributed by atoms with Crippen molar-refractivity contribution < 1.29 is 8.42 Å². The molecule has 0 spiro atoms. The second-order valence-electron chi connectivity index (χ2n) is 6.20. The number of sulfonamides is 1. The molecule has 3 N–H and O–H groups in total.